The summed E-state index contributed by atoms with van der Waals surface area (Å²) in [6.45, 7) is 2.23. The number of benzene rings is 6. The van der Waals surface area contributed by atoms with Crippen molar-refractivity contribution in [2.75, 3.05) is 0 Å². The van der Waals surface area contributed by atoms with Gasteiger partial charge in [0.05, 0.1) is 11.0 Å². The van der Waals surface area contributed by atoms with Gasteiger partial charge >= 0.3 is 0 Å². The van der Waals surface area contributed by atoms with Crippen molar-refractivity contribution in [2.24, 2.45) is 0 Å². The molecule has 7 aromatic rings. The first-order chi connectivity index (χ1) is 15.8. The zero-order valence-corrected chi connectivity index (χ0v) is 17.8. The van der Waals surface area contributed by atoms with E-state index in [2.05, 4.69) is 121 Å². The van der Waals surface area contributed by atoms with E-state index in [1.807, 2.05) is 0 Å². The zero-order valence-electron chi connectivity index (χ0n) is 17.8. The Hall–Kier alpha value is -4.10. The van der Waals surface area contributed by atoms with Gasteiger partial charge in [0, 0.05) is 21.8 Å². The molecule has 0 spiro atoms. The molecule has 0 atom stereocenters. The molecule has 150 valence electrons. The summed E-state index contributed by atoms with van der Waals surface area (Å²) in [5, 5.41) is 10.6. The molecule has 0 radical (unpaired) electrons. The van der Waals surface area contributed by atoms with Crippen LogP contribution in [0.25, 0.3) is 59.8 Å². The number of hydrogen-bond donors (Lipinski definition) is 0. The predicted octanol–water partition coefficient (Wildman–Crippen LogP) is 8.55. The van der Waals surface area contributed by atoms with Gasteiger partial charge in [0.15, 0.2) is 0 Å². The van der Waals surface area contributed by atoms with Crippen LogP contribution in [0.2, 0.25) is 0 Å². The van der Waals surface area contributed by atoms with Crippen LogP contribution < -0.4 is 0 Å². The molecule has 0 aliphatic heterocycles. The average Bonchev–Trinajstić information content (AvgIpc) is 3.20. The molecule has 0 aliphatic rings. The summed E-state index contributed by atoms with van der Waals surface area (Å²) in [6.07, 6.45) is 0. The summed E-state index contributed by atoms with van der Waals surface area (Å²) in [6, 6.07) is 39.7. The highest BCUT2D eigenvalue weighted by Gasteiger charge is 2.20. The lowest BCUT2D eigenvalue weighted by Crippen LogP contribution is -1.95. The lowest BCUT2D eigenvalue weighted by molar-refractivity contribution is 1.19. The van der Waals surface area contributed by atoms with Crippen LogP contribution in [0.5, 0.6) is 0 Å². The van der Waals surface area contributed by atoms with E-state index >= 15 is 0 Å². The molecule has 1 aromatic heterocycles. The second kappa shape index (κ2) is 6.45. The molecule has 1 heterocycles. The molecule has 1 heteroatoms. The highest BCUT2D eigenvalue weighted by Crippen LogP contribution is 2.45. The first kappa shape index (κ1) is 17.6. The Labute approximate surface area is 186 Å². The van der Waals surface area contributed by atoms with Crippen LogP contribution in [0, 0.1) is 6.92 Å². The molecule has 0 bridgehead atoms. The van der Waals surface area contributed by atoms with E-state index in [1.165, 1.54) is 65.4 Å². The van der Waals surface area contributed by atoms with E-state index in [0.29, 0.717) is 0 Å². The topological polar surface area (TPSA) is 4.93 Å². The van der Waals surface area contributed by atoms with Crippen LogP contribution in [0.3, 0.4) is 0 Å². The Bertz CT molecular complexity index is 1820. The molecule has 0 saturated carbocycles. The van der Waals surface area contributed by atoms with Gasteiger partial charge in [0.1, 0.15) is 0 Å². The maximum Gasteiger partial charge on any atom is 0.0626 e. The van der Waals surface area contributed by atoms with E-state index < -0.39 is 0 Å². The SMILES string of the molecule is Cc1cc2c(c3ccccc13)c1c3ccccc3c3ccccc3c1n2-c1ccccc1. The standard InChI is InChI=1S/C31H21N/c1-20-19-28-29(25-16-8-5-13-22(20)25)30-26-17-9-6-14-23(26)24-15-7-10-18-27(24)31(30)32(28)21-11-3-2-4-12-21/h2-19H,1H3. The molecule has 7 rings (SSSR count). The first-order valence-corrected chi connectivity index (χ1v) is 11.1. The molecule has 0 N–H and O–H groups in total. The third kappa shape index (κ3) is 2.23. The van der Waals surface area contributed by atoms with Crippen LogP contribution in [0.15, 0.2) is 109 Å². The molecule has 0 fully saturated rings. The monoisotopic (exact) mass is 407 g/mol. The lowest BCUT2D eigenvalue weighted by Gasteiger charge is -2.12. The molecule has 0 aliphatic carbocycles. The molecule has 1 nitrogen and oxygen atoms in total. The summed E-state index contributed by atoms with van der Waals surface area (Å²) in [7, 11) is 0. The number of hydrogen-bond acceptors (Lipinski definition) is 0. The van der Waals surface area contributed by atoms with Gasteiger partial charge in [0.2, 0.25) is 0 Å². The van der Waals surface area contributed by atoms with Gasteiger partial charge in [-0.3, -0.25) is 0 Å². The highest BCUT2D eigenvalue weighted by atomic mass is 15.0. The van der Waals surface area contributed by atoms with Crippen LogP contribution in [-0.2, 0) is 0 Å². The fourth-order valence-electron chi connectivity index (χ4n) is 5.55. The lowest BCUT2D eigenvalue weighted by atomic mass is 9.94. The summed E-state index contributed by atoms with van der Waals surface area (Å²) < 4.78 is 2.47. The first-order valence-electron chi connectivity index (χ1n) is 11.1. The minimum atomic E-state index is 1.20. The van der Waals surface area contributed by atoms with Crippen LogP contribution in [0.1, 0.15) is 5.56 Å². The number of para-hydroxylation sites is 1. The van der Waals surface area contributed by atoms with Gasteiger partial charge in [-0.2, -0.15) is 0 Å². The summed E-state index contributed by atoms with van der Waals surface area (Å²) in [5.74, 6) is 0. The van der Waals surface area contributed by atoms with Crippen molar-refractivity contribution in [1.29, 1.82) is 0 Å². The third-order valence-electron chi connectivity index (χ3n) is 6.87. The molecular weight excluding hydrogens is 386 g/mol. The van der Waals surface area contributed by atoms with Gasteiger partial charge in [-0.25, -0.2) is 0 Å². The van der Waals surface area contributed by atoms with Gasteiger partial charge < -0.3 is 4.57 Å². The van der Waals surface area contributed by atoms with E-state index in [1.54, 1.807) is 0 Å². The molecular formula is C31H21N. The fraction of sp³-hybridized carbons (Fsp3) is 0.0323. The normalized spacial score (nSPS) is 11.9. The number of aromatic nitrogens is 1. The van der Waals surface area contributed by atoms with Crippen LogP contribution >= 0.6 is 0 Å². The molecule has 6 aromatic carbocycles. The Balaban J connectivity index is 1.92. The second-order valence-corrected chi connectivity index (χ2v) is 8.62. The van der Waals surface area contributed by atoms with E-state index in [-0.39, 0.29) is 0 Å². The van der Waals surface area contributed by atoms with Crippen molar-refractivity contribution in [2.45, 2.75) is 6.92 Å². The fourth-order valence-corrected chi connectivity index (χ4v) is 5.55. The molecule has 32 heavy (non-hydrogen) atoms. The maximum absolute atomic E-state index is 2.47. The second-order valence-electron chi connectivity index (χ2n) is 8.62. The Morgan fingerprint density at radius 2 is 0.969 bits per heavy atom. The van der Waals surface area contributed by atoms with Crippen molar-refractivity contribution >= 4 is 54.1 Å². The van der Waals surface area contributed by atoms with Crippen LogP contribution in [-0.4, -0.2) is 4.57 Å². The predicted molar refractivity (Wildman–Crippen MR) is 138 cm³/mol. The largest absolute Gasteiger partial charge is 0.309 e. The maximum atomic E-state index is 2.47. The summed E-state index contributed by atoms with van der Waals surface area (Å²) in [4.78, 5) is 0. The van der Waals surface area contributed by atoms with Gasteiger partial charge in [-0.15, -0.1) is 0 Å². The number of aryl methyl sites for hydroxylation is 1. The average molecular weight is 408 g/mol. The van der Waals surface area contributed by atoms with Crippen molar-refractivity contribution in [3.05, 3.63) is 115 Å². The smallest absolute Gasteiger partial charge is 0.0626 e. The minimum Gasteiger partial charge on any atom is -0.309 e. The minimum absolute atomic E-state index is 1.20. The zero-order chi connectivity index (χ0) is 21.2. The third-order valence-corrected chi connectivity index (χ3v) is 6.87. The summed E-state index contributed by atoms with van der Waals surface area (Å²) in [5.41, 5.74) is 5.06. The number of rotatable bonds is 1. The van der Waals surface area contributed by atoms with E-state index in [0.717, 1.165) is 0 Å². The number of fused-ring (bicyclic) bond motifs is 10. The highest BCUT2D eigenvalue weighted by molar-refractivity contribution is 6.36. The van der Waals surface area contributed by atoms with Crippen molar-refractivity contribution in [3.63, 3.8) is 0 Å². The number of nitrogens with zero attached hydrogens (tertiary/aromatic N) is 1. The Morgan fingerprint density at radius 3 is 1.66 bits per heavy atom. The summed E-state index contributed by atoms with van der Waals surface area (Å²) >= 11 is 0. The van der Waals surface area contributed by atoms with Crippen molar-refractivity contribution in [1.82, 2.24) is 4.57 Å². The van der Waals surface area contributed by atoms with E-state index in [4.69, 9.17) is 0 Å². The molecule has 0 saturated heterocycles. The van der Waals surface area contributed by atoms with Gasteiger partial charge in [0.25, 0.3) is 0 Å². The van der Waals surface area contributed by atoms with Gasteiger partial charge in [-0.05, 0) is 57.6 Å². The Morgan fingerprint density at radius 1 is 0.469 bits per heavy atom. The van der Waals surface area contributed by atoms with Crippen molar-refractivity contribution in [3.8, 4) is 5.69 Å². The van der Waals surface area contributed by atoms with Crippen LogP contribution in [0.4, 0.5) is 0 Å². The van der Waals surface area contributed by atoms with E-state index in [9.17, 15) is 0 Å². The quantitative estimate of drug-likeness (QED) is 0.240. The Kier molecular flexibility index (Phi) is 3.54. The van der Waals surface area contributed by atoms with Gasteiger partial charge in [-0.1, -0.05) is 91.0 Å². The molecule has 0 amide bonds. The van der Waals surface area contributed by atoms with Crippen molar-refractivity contribution < 1.29 is 0 Å². The molecule has 0 unspecified atom stereocenters.